The van der Waals surface area contributed by atoms with Gasteiger partial charge in [0.1, 0.15) is 18.3 Å². The lowest BCUT2D eigenvalue weighted by Crippen LogP contribution is -2.30. The first kappa shape index (κ1) is 17.9. The number of nitrogens with zero attached hydrogens (tertiary/aromatic N) is 3. The summed E-state index contributed by atoms with van der Waals surface area (Å²) in [4.78, 5) is 8.48. The van der Waals surface area contributed by atoms with Gasteiger partial charge in [0.05, 0.1) is 24.3 Å². The Balaban J connectivity index is 1.27. The van der Waals surface area contributed by atoms with E-state index in [1.807, 2.05) is 31.2 Å². The third-order valence-electron chi connectivity index (χ3n) is 5.27. The first-order valence-electron chi connectivity index (χ1n) is 9.42. The van der Waals surface area contributed by atoms with Gasteiger partial charge in [-0.2, -0.15) is 5.10 Å². The molecule has 1 atom stereocenters. The Bertz CT molecular complexity index is 891. The van der Waals surface area contributed by atoms with E-state index in [1.54, 1.807) is 6.20 Å². The minimum absolute atomic E-state index is 0.115. The number of alkyl halides is 1. The van der Waals surface area contributed by atoms with Gasteiger partial charge in [-0.25, -0.2) is 14.4 Å². The maximum atomic E-state index is 14.5. The summed E-state index contributed by atoms with van der Waals surface area (Å²) in [6.07, 6.45) is 6.08. The van der Waals surface area contributed by atoms with Gasteiger partial charge in [-0.1, -0.05) is 24.3 Å². The van der Waals surface area contributed by atoms with Crippen LogP contribution in [0.2, 0.25) is 0 Å². The second-order valence-electron chi connectivity index (χ2n) is 7.13. The molecule has 1 fully saturated rings. The van der Waals surface area contributed by atoms with Gasteiger partial charge in [-0.05, 0) is 43.7 Å². The fourth-order valence-corrected chi connectivity index (χ4v) is 3.70. The highest BCUT2D eigenvalue weighted by molar-refractivity contribution is 5.85. The molecule has 6 nitrogen and oxygen atoms in total. The van der Waals surface area contributed by atoms with Crippen LogP contribution in [-0.2, 0) is 4.74 Å². The Labute approximate surface area is 157 Å². The van der Waals surface area contributed by atoms with Crippen LogP contribution in [0.1, 0.15) is 43.0 Å². The third-order valence-corrected chi connectivity index (χ3v) is 5.27. The summed E-state index contributed by atoms with van der Waals surface area (Å²) in [6.45, 7) is 2.05. The molecule has 0 spiro atoms. The first-order valence-corrected chi connectivity index (χ1v) is 9.42. The number of H-pyrrole nitrogens is 1. The Morgan fingerprint density at radius 3 is 2.85 bits per heavy atom. The zero-order chi connectivity index (χ0) is 18.6. The van der Waals surface area contributed by atoms with Crippen molar-refractivity contribution in [2.75, 3.05) is 11.9 Å². The lowest BCUT2D eigenvalue weighted by atomic mass is 9.93. The number of hydrogen-bond acceptors (Lipinski definition) is 5. The van der Waals surface area contributed by atoms with Crippen molar-refractivity contribution >= 4 is 16.9 Å². The number of hydrogen-bond donors (Lipinski definition) is 2. The standard InChI is InChI=1S/C20H24FN5O/c1-13-4-2-3-5-16(13)18(21)11-27-15-8-6-14(7-9-15)25-19-17-10-24-26-20(17)23-12-22-19/h2-5,10,12,14-15,18H,6-9,11H2,1H3,(H2,22,23,24,25,26)/t14-,15-,18?. The van der Waals surface area contributed by atoms with Gasteiger partial charge in [-0.15, -0.1) is 0 Å². The topological polar surface area (TPSA) is 75.7 Å². The highest BCUT2D eigenvalue weighted by Crippen LogP contribution is 2.28. The molecule has 1 aliphatic rings. The predicted molar refractivity (Wildman–Crippen MR) is 102 cm³/mol. The van der Waals surface area contributed by atoms with Gasteiger partial charge in [0, 0.05) is 6.04 Å². The minimum Gasteiger partial charge on any atom is -0.375 e. The van der Waals surface area contributed by atoms with E-state index in [4.69, 9.17) is 4.74 Å². The molecular weight excluding hydrogens is 345 g/mol. The summed E-state index contributed by atoms with van der Waals surface area (Å²) < 4.78 is 20.3. The normalized spacial score (nSPS) is 21.3. The number of fused-ring (bicyclic) bond motifs is 1. The zero-order valence-corrected chi connectivity index (χ0v) is 15.4. The highest BCUT2D eigenvalue weighted by Gasteiger charge is 2.24. The molecule has 1 aromatic carbocycles. The van der Waals surface area contributed by atoms with E-state index in [0.717, 1.165) is 53.7 Å². The van der Waals surface area contributed by atoms with Crippen LogP contribution in [0.15, 0.2) is 36.8 Å². The molecule has 4 rings (SSSR count). The van der Waals surface area contributed by atoms with E-state index in [2.05, 4.69) is 25.5 Å². The number of aryl methyl sites for hydroxylation is 1. The van der Waals surface area contributed by atoms with E-state index in [9.17, 15) is 4.39 Å². The maximum absolute atomic E-state index is 14.5. The van der Waals surface area contributed by atoms with Gasteiger partial charge in [0.15, 0.2) is 5.65 Å². The molecular formula is C20H24FN5O. The van der Waals surface area contributed by atoms with Crippen molar-refractivity contribution in [1.82, 2.24) is 20.2 Å². The second kappa shape index (κ2) is 8.00. The summed E-state index contributed by atoms with van der Waals surface area (Å²) in [5.41, 5.74) is 2.42. The van der Waals surface area contributed by atoms with E-state index in [1.165, 1.54) is 6.33 Å². The van der Waals surface area contributed by atoms with E-state index in [0.29, 0.717) is 6.04 Å². The number of aromatic amines is 1. The first-order chi connectivity index (χ1) is 13.2. The van der Waals surface area contributed by atoms with Crippen LogP contribution >= 0.6 is 0 Å². The van der Waals surface area contributed by atoms with E-state index >= 15 is 0 Å². The molecule has 3 aromatic rings. The largest absolute Gasteiger partial charge is 0.375 e. The summed E-state index contributed by atoms with van der Waals surface area (Å²) in [5.74, 6) is 0.807. The summed E-state index contributed by atoms with van der Waals surface area (Å²) in [7, 11) is 0. The Morgan fingerprint density at radius 1 is 1.22 bits per heavy atom. The van der Waals surface area contributed by atoms with Crippen molar-refractivity contribution in [3.8, 4) is 0 Å². The number of halogens is 1. The Morgan fingerprint density at radius 2 is 2.04 bits per heavy atom. The van der Waals surface area contributed by atoms with Gasteiger partial charge in [-0.3, -0.25) is 5.10 Å². The van der Waals surface area contributed by atoms with Crippen LogP contribution in [0.4, 0.5) is 10.2 Å². The molecule has 1 unspecified atom stereocenters. The molecule has 0 radical (unpaired) electrons. The number of benzene rings is 1. The number of aromatic nitrogens is 4. The molecule has 27 heavy (non-hydrogen) atoms. The van der Waals surface area contributed by atoms with Gasteiger partial charge in [0.25, 0.3) is 0 Å². The molecule has 0 aliphatic heterocycles. The monoisotopic (exact) mass is 369 g/mol. The van der Waals surface area contributed by atoms with Crippen molar-refractivity contribution in [2.24, 2.45) is 0 Å². The molecule has 2 heterocycles. The molecule has 1 aliphatic carbocycles. The Hall–Kier alpha value is -2.54. The van der Waals surface area contributed by atoms with Crippen molar-refractivity contribution in [3.05, 3.63) is 47.9 Å². The number of anilines is 1. The van der Waals surface area contributed by atoms with Gasteiger partial charge < -0.3 is 10.1 Å². The van der Waals surface area contributed by atoms with Crippen LogP contribution < -0.4 is 5.32 Å². The molecule has 0 bridgehead atoms. The smallest absolute Gasteiger partial charge is 0.160 e. The van der Waals surface area contributed by atoms with Crippen LogP contribution in [0.3, 0.4) is 0 Å². The highest BCUT2D eigenvalue weighted by atomic mass is 19.1. The molecule has 2 aromatic heterocycles. The SMILES string of the molecule is Cc1ccccc1C(F)CO[C@H]1CC[C@H](Nc2ncnc3[nH]ncc23)CC1. The summed E-state index contributed by atoms with van der Waals surface area (Å²) in [5, 5.41) is 11.3. The average Bonchev–Trinajstić information content (AvgIpc) is 3.17. The molecule has 0 amide bonds. The fourth-order valence-electron chi connectivity index (χ4n) is 3.70. The summed E-state index contributed by atoms with van der Waals surface area (Å²) >= 11 is 0. The van der Waals surface area contributed by atoms with Crippen LogP contribution in [0.25, 0.3) is 11.0 Å². The van der Waals surface area contributed by atoms with Crippen LogP contribution in [-0.4, -0.2) is 38.9 Å². The van der Waals surface area contributed by atoms with Gasteiger partial charge in [0.2, 0.25) is 0 Å². The zero-order valence-electron chi connectivity index (χ0n) is 15.4. The number of rotatable bonds is 6. The lowest BCUT2D eigenvalue weighted by Gasteiger charge is -2.30. The molecule has 7 heteroatoms. The molecule has 1 saturated carbocycles. The van der Waals surface area contributed by atoms with Crippen LogP contribution in [0.5, 0.6) is 0 Å². The maximum Gasteiger partial charge on any atom is 0.160 e. The predicted octanol–water partition coefficient (Wildman–Crippen LogP) is 4.11. The van der Waals surface area contributed by atoms with E-state index < -0.39 is 6.17 Å². The molecule has 142 valence electrons. The summed E-state index contributed by atoms with van der Waals surface area (Å²) in [6, 6.07) is 7.90. The number of ether oxygens (including phenoxy) is 1. The average molecular weight is 369 g/mol. The molecule has 0 saturated heterocycles. The van der Waals surface area contributed by atoms with Gasteiger partial charge >= 0.3 is 0 Å². The third kappa shape index (κ3) is 4.08. The van der Waals surface area contributed by atoms with E-state index in [-0.39, 0.29) is 12.7 Å². The fraction of sp³-hybridized carbons (Fsp3) is 0.450. The lowest BCUT2D eigenvalue weighted by molar-refractivity contribution is -0.00259. The molecule has 2 N–H and O–H groups in total. The van der Waals surface area contributed by atoms with Crippen molar-refractivity contribution in [2.45, 2.75) is 50.9 Å². The Kier molecular flexibility index (Phi) is 5.29. The minimum atomic E-state index is -1.07. The van der Waals surface area contributed by atoms with Crippen LogP contribution in [0, 0.1) is 6.92 Å². The van der Waals surface area contributed by atoms with Crippen molar-refractivity contribution in [1.29, 1.82) is 0 Å². The van der Waals surface area contributed by atoms with Crippen molar-refractivity contribution < 1.29 is 9.13 Å². The number of nitrogens with one attached hydrogen (secondary N) is 2. The second-order valence-corrected chi connectivity index (χ2v) is 7.13. The quantitative estimate of drug-likeness (QED) is 0.684. The van der Waals surface area contributed by atoms with Crippen molar-refractivity contribution in [3.63, 3.8) is 0 Å².